The van der Waals surface area contributed by atoms with Crippen molar-refractivity contribution in [3.63, 3.8) is 0 Å². The highest BCUT2D eigenvalue weighted by atomic mass is 35.5. The van der Waals surface area contributed by atoms with Gasteiger partial charge in [0.2, 0.25) is 0 Å². The summed E-state index contributed by atoms with van der Waals surface area (Å²) in [6.07, 6.45) is 0. The van der Waals surface area contributed by atoms with E-state index in [0.717, 1.165) is 53.1 Å². The molecule has 1 aromatic carbocycles. The Hall–Kier alpha value is -0.410. The van der Waals surface area contributed by atoms with Gasteiger partial charge in [-0.2, -0.15) is 0 Å². The molecule has 6 nitrogen and oxygen atoms in total. The maximum atomic E-state index is 6.53. The minimum Gasteiger partial charge on any atom is -0.380 e. The van der Waals surface area contributed by atoms with Gasteiger partial charge in [-0.1, -0.05) is 23.4 Å². The molecule has 2 heterocycles. The molecule has 0 saturated carbocycles. The van der Waals surface area contributed by atoms with Gasteiger partial charge >= 0.3 is 0 Å². The largest absolute Gasteiger partial charge is 0.380 e. The number of piperazine rings is 1. The van der Waals surface area contributed by atoms with Crippen molar-refractivity contribution in [2.75, 3.05) is 57.5 Å². The highest BCUT2D eigenvalue weighted by Gasteiger charge is 2.18. The van der Waals surface area contributed by atoms with Crippen LogP contribution in [0.5, 0.6) is 0 Å². The van der Waals surface area contributed by atoms with Crippen LogP contribution in [0.3, 0.4) is 0 Å². The second-order valence-electron chi connectivity index (χ2n) is 6.16. The summed E-state index contributed by atoms with van der Waals surface area (Å²) in [4.78, 5) is 10.4. The van der Waals surface area contributed by atoms with Crippen LogP contribution in [-0.2, 0) is 9.47 Å². The predicted molar refractivity (Wildman–Crippen MR) is 123 cm³/mol. The molecule has 3 rings (SSSR count). The molecule has 1 aromatic heterocycles. The van der Waals surface area contributed by atoms with E-state index in [1.807, 2.05) is 19.9 Å². The third kappa shape index (κ3) is 6.83. The smallest absolute Gasteiger partial charge is 0.166 e. The summed E-state index contributed by atoms with van der Waals surface area (Å²) < 4.78 is 11.2. The fourth-order valence-electron chi connectivity index (χ4n) is 2.97. The number of hydrogen-bond acceptors (Lipinski definition) is 6. The summed E-state index contributed by atoms with van der Waals surface area (Å²) in [7, 11) is 0. The van der Waals surface area contributed by atoms with Crippen LogP contribution >= 0.6 is 48.2 Å². The van der Waals surface area contributed by atoms with E-state index in [4.69, 9.17) is 26.1 Å². The Morgan fingerprint density at radius 2 is 1.79 bits per heavy atom. The molecule has 0 aliphatic carbocycles. The van der Waals surface area contributed by atoms with Gasteiger partial charge in [-0.3, -0.25) is 0 Å². The Morgan fingerprint density at radius 3 is 2.39 bits per heavy atom. The van der Waals surface area contributed by atoms with E-state index in [0.29, 0.717) is 26.4 Å². The first kappa shape index (κ1) is 25.6. The first-order valence-electron chi connectivity index (χ1n) is 9.18. The summed E-state index contributed by atoms with van der Waals surface area (Å²) >= 11 is 8.19. The number of ether oxygens (including phenoxy) is 2. The molecule has 2 aromatic rings. The van der Waals surface area contributed by atoms with Gasteiger partial charge in [0.1, 0.15) is 0 Å². The molecule has 0 radical (unpaired) electrons. The SMILES string of the molecule is CCOCC(COCC)Sc1nc2cc(N3CCNCC3)c(Cl)cc2[nH]1.Cl.Cl. The minimum atomic E-state index is 0. The Kier molecular flexibility index (Phi) is 11.9. The van der Waals surface area contributed by atoms with Crippen molar-refractivity contribution in [3.05, 3.63) is 17.2 Å². The van der Waals surface area contributed by atoms with Crippen LogP contribution in [0.15, 0.2) is 17.3 Å². The van der Waals surface area contributed by atoms with Crippen molar-refractivity contribution in [1.82, 2.24) is 15.3 Å². The van der Waals surface area contributed by atoms with Crippen LogP contribution < -0.4 is 10.2 Å². The highest BCUT2D eigenvalue weighted by molar-refractivity contribution is 7.99. The van der Waals surface area contributed by atoms with E-state index in [-0.39, 0.29) is 30.1 Å². The van der Waals surface area contributed by atoms with Crippen molar-refractivity contribution < 1.29 is 9.47 Å². The molecule has 1 saturated heterocycles. The van der Waals surface area contributed by atoms with Gasteiger partial charge in [-0.25, -0.2) is 4.98 Å². The number of H-pyrrole nitrogens is 1. The maximum Gasteiger partial charge on any atom is 0.166 e. The molecule has 0 atom stereocenters. The lowest BCUT2D eigenvalue weighted by molar-refractivity contribution is 0.0990. The van der Waals surface area contributed by atoms with Crippen LogP contribution in [0, 0.1) is 0 Å². The zero-order chi connectivity index (χ0) is 18.4. The monoisotopic (exact) mass is 470 g/mol. The summed E-state index contributed by atoms with van der Waals surface area (Å²) in [5.74, 6) is 0. The number of nitrogens with one attached hydrogen (secondary N) is 2. The summed E-state index contributed by atoms with van der Waals surface area (Å²) in [6.45, 7) is 10.6. The number of rotatable bonds is 9. The maximum absolute atomic E-state index is 6.53. The van der Waals surface area contributed by atoms with Crippen LogP contribution in [0.25, 0.3) is 11.0 Å². The van der Waals surface area contributed by atoms with Gasteiger partial charge in [0, 0.05) is 39.4 Å². The standard InChI is InChI=1S/C18H27ClN4O2S.2ClH/c1-3-24-11-13(12-25-4-2)26-18-21-15-9-14(19)17(10-16(15)22-18)23-7-5-20-6-8-23;;/h9-10,13,20H,3-8,11-12H2,1-2H3,(H,21,22);2*1H. The average molecular weight is 472 g/mol. The molecule has 1 aliphatic rings. The Balaban J connectivity index is 0.00000196. The van der Waals surface area contributed by atoms with Gasteiger partial charge in [0.25, 0.3) is 0 Å². The molecule has 0 spiro atoms. The number of fused-ring (bicyclic) bond motifs is 1. The Labute approximate surface area is 188 Å². The molecule has 0 amide bonds. The van der Waals surface area contributed by atoms with Gasteiger partial charge in [0.05, 0.1) is 40.2 Å². The number of hydrogen-bond donors (Lipinski definition) is 2. The van der Waals surface area contributed by atoms with Crippen molar-refractivity contribution in [2.45, 2.75) is 24.3 Å². The molecular formula is C18H29Cl3N4O2S. The molecule has 1 fully saturated rings. The number of imidazole rings is 1. The molecule has 0 bridgehead atoms. The topological polar surface area (TPSA) is 62.4 Å². The number of halogens is 3. The van der Waals surface area contributed by atoms with Gasteiger partial charge in [0.15, 0.2) is 5.16 Å². The van der Waals surface area contributed by atoms with Crippen LogP contribution in [0.4, 0.5) is 5.69 Å². The zero-order valence-corrected chi connectivity index (χ0v) is 19.4. The number of anilines is 1. The third-order valence-corrected chi connectivity index (χ3v) is 5.61. The van der Waals surface area contributed by atoms with Gasteiger partial charge in [-0.05, 0) is 26.0 Å². The highest BCUT2D eigenvalue weighted by Crippen LogP contribution is 2.32. The minimum absolute atomic E-state index is 0. The molecule has 2 N–H and O–H groups in total. The average Bonchev–Trinajstić information content (AvgIpc) is 3.05. The number of thioether (sulfide) groups is 1. The quantitative estimate of drug-likeness (QED) is 0.539. The van der Waals surface area contributed by atoms with Gasteiger partial charge < -0.3 is 24.7 Å². The molecule has 0 unspecified atom stereocenters. The number of benzene rings is 1. The normalized spacial score (nSPS) is 14.2. The second-order valence-corrected chi connectivity index (χ2v) is 7.85. The Morgan fingerprint density at radius 1 is 1.14 bits per heavy atom. The van der Waals surface area contributed by atoms with Crippen molar-refractivity contribution in [3.8, 4) is 0 Å². The van der Waals surface area contributed by atoms with Crippen LogP contribution in [-0.4, -0.2) is 67.8 Å². The van der Waals surface area contributed by atoms with Crippen LogP contribution in [0.1, 0.15) is 13.8 Å². The van der Waals surface area contributed by atoms with Gasteiger partial charge in [-0.15, -0.1) is 24.8 Å². The van der Waals surface area contributed by atoms with E-state index >= 15 is 0 Å². The van der Waals surface area contributed by atoms with Crippen molar-refractivity contribution in [1.29, 1.82) is 0 Å². The second kappa shape index (κ2) is 13.0. The van der Waals surface area contributed by atoms with E-state index in [2.05, 4.69) is 21.3 Å². The number of nitrogens with zero attached hydrogens (tertiary/aromatic N) is 2. The lowest BCUT2D eigenvalue weighted by atomic mass is 10.2. The van der Waals surface area contributed by atoms with Crippen molar-refractivity contribution >= 4 is 64.9 Å². The summed E-state index contributed by atoms with van der Waals surface area (Å²) in [5.41, 5.74) is 2.96. The zero-order valence-electron chi connectivity index (χ0n) is 16.2. The third-order valence-electron chi connectivity index (χ3n) is 4.28. The first-order chi connectivity index (χ1) is 12.7. The molecular weight excluding hydrogens is 443 g/mol. The first-order valence-corrected chi connectivity index (χ1v) is 10.4. The molecule has 10 heteroatoms. The molecule has 1 aliphatic heterocycles. The summed E-state index contributed by atoms with van der Waals surface area (Å²) in [5, 5.41) is 5.21. The Bertz CT molecular complexity index is 705. The number of aromatic nitrogens is 2. The van der Waals surface area contributed by atoms with Crippen molar-refractivity contribution in [2.24, 2.45) is 0 Å². The molecule has 28 heavy (non-hydrogen) atoms. The summed E-state index contributed by atoms with van der Waals surface area (Å²) in [6, 6.07) is 4.06. The predicted octanol–water partition coefficient (Wildman–Crippen LogP) is 4.00. The molecule has 160 valence electrons. The fraction of sp³-hybridized carbons (Fsp3) is 0.611. The van der Waals surface area contributed by atoms with E-state index in [1.165, 1.54) is 0 Å². The van der Waals surface area contributed by atoms with E-state index in [9.17, 15) is 0 Å². The van der Waals surface area contributed by atoms with E-state index < -0.39 is 0 Å². The van der Waals surface area contributed by atoms with E-state index in [1.54, 1.807) is 11.8 Å². The fourth-order valence-corrected chi connectivity index (χ4v) is 4.22. The number of aromatic amines is 1. The lowest BCUT2D eigenvalue weighted by Gasteiger charge is -2.30. The lowest BCUT2D eigenvalue weighted by Crippen LogP contribution is -2.43. The van der Waals surface area contributed by atoms with Crippen LogP contribution in [0.2, 0.25) is 5.02 Å².